The average molecular weight is 212 g/mol. The van der Waals surface area contributed by atoms with E-state index in [4.69, 9.17) is 0 Å². The zero-order chi connectivity index (χ0) is 10.8. The second-order valence-corrected chi connectivity index (χ2v) is 4.63. The van der Waals surface area contributed by atoms with Crippen LogP contribution in [0.1, 0.15) is 37.7 Å². The van der Waals surface area contributed by atoms with E-state index in [1.807, 2.05) is 6.07 Å². The lowest BCUT2D eigenvalue weighted by atomic mass is 9.96. The fourth-order valence-corrected chi connectivity index (χ4v) is 2.66. The molecule has 3 rings (SSSR count). The zero-order valence-electron chi connectivity index (χ0n) is 9.39. The predicted octanol–water partition coefficient (Wildman–Crippen LogP) is 3.43. The molecular formula is C14H16N2. The van der Waals surface area contributed by atoms with Crippen LogP contribution in [-0.2, 0) is 0 Å². The molecule has 0 spiro atoms. The molecule has 1 aliphatic carbocycles. The summed E-state index contributed by atoms with van der Waals surface area (Å²) in [5.74, 6) is 0.713. The van der Waals surface area contributed by atoms with Gasteiger partial charge in [-0.1, -0.05) is 30.3 Å². The van der Waals surface area contributed by atoms with Gasteiger partial charge in [-0.3, -0.25) is 0 Å². The van der Waals surface area contributed by atoms with Gasteiger partial charge in [-0.05, 0) is 43.6 Å². The number of hydrogen-bond donors (Lipinski definition) is 0. The molecule has 0 N–H and O–H groups in total. The first-order valence-corrected chi connectivity index (χ1v) is 6.12. The third kappa shape index (κ3) is 1.80. The van der Waals surface area contributed by atoms with Crippen molar-refractivity contribution < 1.29 is 0 Å². The number of benzene rings is 1. The Kier molecular flexibility index (Phi) is 2.56. The molecule has 0 aromatic heterocycles. The molecule has 1 atom stereocenters. The summed E-state index contributed by atoms with van der Waals surface area (Å²) >= 11 is 0. The van der Waals surface area contributed by atoms with Gasteiger partial charge in [-0.25, -0.2) is 0 Å². The van der Waals surface area contributed by atoms with Crippen LogP contribution in [0, 0.1) is 5.92 Å². The van der Waals surface area contributed by atoms with Crippen LogP contribution in [0.5, 0.6) is 0 Å². The maximum atomic E-state index is 4.45. The summed E-state index contributed by atoms with van der Waals surface area (Å²) in [7, 11) is 0. The van der Waals surface area contributed by atoms with Crippen molar-refractivity contribution in [3.05, 3.63) is 35.9 Å². The summed E-state index contributed by atoms with van der Waals surface area (Å²) in [6, 6.07) is 10.4. The van der Waals surface area contributed by atoms with Crippen LogP contribution in [0.2, 0.25) is 0 Å². The summed E-state index contributed by atoms with van der Waals surface area (Å²) in [6.07, 6.45) is 6.08. The van der Waals surface area contributed by atoms with E-state index in [9.17, 15) is 0 Å². The van der Waals surface area contributed by atoms with Gasteiger partial charge in [0.25, 0.3) is 0 Å². The number of nitrogens with zero attached hydrogens (tertiary/aromatic N) is 2. The van der Waals surface area contributed by atoms with Crippen LogP contribution < -0.4 is 0 Å². The van der Waals surface area contributed by atoms with Crippen LogP contribution in [0.15, 0.2) is 40.5 Å². The highest BCUT2D eigenvalue weighted by Gasteiger charge is 2.24. The van der Waals surface area contributed by atoms with Crippen LogP contribution in [-0.4, -0.2) is 11.4 Å². The van der Waals surface area contributed by atoms with Gasteiger partial charge in [0.1, 0.15) is 0 Å². The standard InChI is InChI=1S/C14H16N2/c1-2-5-11(6-3-1)14-10-9-12-7-4-8-13(12)15-16-14/h1-3,5-6,12H,4,7-10H2. The minimum absolute atomic E-state index is 0.713. The largest absolute Gasteiger partial charge is 0.160 e. The van der Waals surface area contributed by atoms with Gasteiger partial charge < -0.3 is 0 Å². The van der Waals surface area contributed by atoms with E-state index in [-0.39, 0.29) is 0 Å². The van der Waals surface area contributed by atoms with Gasteiger partial charge in [0.2, 0.25) is 0 Å². The van der Waals surface area contributed by atoms with Crippen molar-refractivity contribution in [2.75, 3.05) is 0 Å². The van der Waals surface area contributed by atoms with E-state index >= 15 is 0 Å². The van der Waals surface area contributed by atoms with Crippen LogP contribution in [0.3, 0.4) is 0 Å². The third-order valence-electron chi connectivity index (χ3n) is 3.59. The monoisotopic (exact) mass is 212 g/mol. The molecule has 1 unspecified atom stereocenters. The van der Waals surface area contributed by atoms with E-state index in [2.05, 4.69) is 34.5 Å². The second kappa shape index (κ2) is 4.20. The molecule has 2 nitrogen and oxygen atoms in total. The summed E-state index contributed by atoms with van der Waals surface area (Å²) in [4.78, 5) is 0. The van der Waals surface area contributed by atoms with Gasteiger partial charge in [-0.2, -0.15) is 10.2 Å². The Labute approximate surface area is 96.1 Å². The minimum atomic E-state index is 0.713. The fourth-order valence-electron chi connectivity index (χ4n) is 2.66. The summed E-state index contributed by atoms with van der Waals surface area (Å²) in [6.45, 7) is 0. The van der Waals surface area contributed by atoms with Crippen molar-refractivity contribution in [2.24, 2.45) is 16.1 Å². The van der Waals surface area contributed by atoms with E-state index in [1.165, 1.54) is 30.5 Å². The Balaban J connectivity index is 1.88. The molecule has 1 aliphatic heterocycles. The van der Waals surface area contributed by atoms with Crippen molar-refractivity contribution in [2.45, 2.75) is 32.1 Å². The Hall–Kier alpha value is -1.44. The molecule has 0 saturated heterocycles. The lowest BCUT2D eigenvalue weighted by Gasteiger charge is -2.07. The molecule has 0 bridgehead atoms. The second-order valence-electron chi connectivity index (χ2n) is 4.63. The minimum Gasteiger partial charge on any atom is -0.160 e. The summed E-state index contributed by atoms with van der Waals surface area (Å²) in [5, 5.41) is 8.89. The number of rotatable bonds is 1. The summed E-state index contributed by atoms with van der Waals surface area (Å²) in [5.41, 5.74) is 3.72. The molecule has 16 heavy (non-hydrogen) atoms. The van der Waals surface area contributed by atoms with Crippen LogP contribution >= 0.6 is 0 Å². The lowest BCUT2D eigenvalue weighted by Crippen LogP contribution is -2.06. The molecule has 1 aromatic rings. The van der Waals surface area contributed by atoms with Gasteiger partial charge >= 0.3 is 0 Å². The lowest BCUT2D eigenvalue weighted by molar-refractivity contribution is 0.627. The van der Waals surface area contributed by atoms with Crippen LogP contribution in [0.25, 0.3) is 0 Å². The Morgan fingerprint density at radius 2 is 1.81 bits per heavy atom. The first kappa shape index (κ1) is 9.76. The highest BCUT2D eigenvalue weighted by molar-refractivity contribution is 6.02. The normalized spacial score (nSPS) is 24.4. The van der Waals surface area contributed by atoms with Gasteiger partial charge in [-0.15, -0.1) is 0 Å². The van der Waals surface area contributed by atoms with E-state index in [0.717, 1.165) is 18.6 Å². The maximum absolute atomic E-state index is 4.45. The van der Waals surface area contributed by atoms with Crippen molar-refractivity contribution in [3.63, 3.8) is 0 Å². The Morgan fingerprint density at radius 3 is 2.69 bits per heavy atom. The molecule has 0 radical (unpaired) electrons. The average Bonchev–Trinajstić information content (AvgIpc) is 2.70. The molecular weight excluding hydrogens is 196 g/mol. The smallest absolute Gasteiger partial charge is 0.0702 e. The van der Waals surface area contributed by atoms with Crippen molar-refractivity contribution in [1.29, 1.82) is 0 Å². The van der Waals surface area contributed by atoms with Crippen molar-refractivity contribution in [1.82, 2.24) is 0 Å². The SMILES string of the molecule is c1ccc(C2=NN=C3CCCC3CC2)cc1. The number of hydrogen-bond acceptors (Lipinski definition) is 2. The van der Waals surface area contributed by atoms with Crippen molar-refractivity contribution in [3.8, 4) is 0 Å². The van der Waals surface area contributed by atoms with Gasteiger partial charge in [0.15, 0.2) is 0 Å². The van der Waals surface area contributed by atoms with E-state index < -0.39 is 0 Å². The highest BCUT2D eigenvalue weighted by atomic mass is 15.2. The first-order chi connectivity index (χ1) is 7.93. The first-order valence-electron chi connectivity index (χ1n) is 6.12. The fraction of sp³-hybridized carbons (Fsp3) is 0.429. The predicted molar refractivity (Wildman–Crippen MR) is 67.0 cm³/mol. The Bertz CT molecular complexity index is 431. The molecule has 1 heterocycles. The van der Waals surface area contributed by atoms with Gasteiger partial charge in [0, 0.05) is 5.71 Å². The van der Waals surface area contributed by atoms with E-state index in [0.29, 0.717) is 5.92 Å². The maximum Gasteiger partial charge on any atom is 0.0702 e. The molecule has 2 aliphatic rings. The zero-order valence-corrected chi connectivity index (χ0v) is 9.39. The number of fused-ring (bicyclic) bond motifs is 1. The quantitative estimate of drug-likeness (QED) is 0.681. The molecule has 82 valence electrons. The van der Waals surface area contributed by atoms with Crippen molar-refractivity contribution >= 4 is 11.4 Å². The van der Waals surface area contributed by atoms with Crippen LogP contribution in [0.4, 0.5) is 0 Å². The molecule has 1 aromatic carbocycles. The topological polar surface area (TPSA) is 24.7 Å². The molecule has 0 amide bonds. The summed E-state index contributed by atoms with van der Waals surface area (Å²) < 4.78 is 0. The highest BCUT2D eigenvalue weighted by Crippen LogP contribution is 2.29. The Morgan fingerprint density at radius 1 is 0.938 bits per heavy atom. The van der Waals surface area contributed by atoms with E-state index in [1.54, 1.807) is 0 Å². The molecule has 1 fully saturated rings. The third-order valence-corrected chi connectivity index (χ3v) is 3.59. The molecule has 2 heteroatoms. The van der Waals surface area contributed by atoms with Gasteiger partial charge in [0.05, 0.1) is 5.71 Å². The molecule has 1 saturated carbocycles.